The molecule has 1 aliphatic heterocycles. The minimum Gasteiger partial charge on any atom is -0.497 e. The Morgan fingerprint density at radius 2 is 1.97 bits per heavy atom. The highest BCUT2D eigenvalue weighted by atomic mass is 35.5. The second-order valence-corrected chi connectivity index (χ2v) is 10.7. The largest absolute Gasteiger partial charge is 0.497 e. The highest BCUT2D eigenvalue weighted by Gasteiger charge is 2.35. The van der Waals surface area contributed by atoms with Gasteiger partial charge in [-0.2, -0.15) is 0 Å². The minimum atomic E-state index is -3.19. The van der Waals surface area contributed by atoms with E-state index in [1.807, 2.05) is 0 Å². The zero-order valence-electron chi connectivity index (χ0n) is 17.3. The van der Waals surface area contributed by atoms with E-state index in [2.05, 4.69) is 0 Å². The van der Waals surface area contributed by atoms with Crippen molar-refractivity contribution in [1.29, 1.82) is 0 Å². The minimum absolute atomic E-state index is 0.0566. The molecule has 1 aliphatic rings. The average Bonchev–Trinajstić information content (AvgIpc) is 3.39. The van der Waals surface area contributed by atoms with Crippen LogP contribution in [-0.2, 0) is 16.4 Å². The first-order valence-electron chi connectivity index (χ1n) is 9.95. The van der Waals surface area contributed by atoms with Crippen molar-refractivity contribution in [3.63, 3.8) is 0 Å². The predicted octanol–water partition coefficient (Wildman–Crippen LogP) is 5.09. The fourth-order valence-corrected chi connectivity index (χ4v) is 5.89. The van der Waals surface area contributed by atoms with Gasteiger partial charge >= 0.3 is 0 Å². The SMILES string of the molecule is COc1cccc(C(=O)N(Cc2ccc(-c3cc(Cl)ccc3Cl)o2)[C@H]2CCS(=O)(=O)C2)c1. The number of hydrogen-bond donors (Lipinski definition) is 0. The third-order valence-corrected chi connectivity index (χ3v) is 7.72. The van der Waals surface area contributed by atoms with E-state index in [0.29, 0.717) is 44.9 Å². The van der Waals surface area contributed by atoms with Gasteiger partial charge in [0.15, 0.2) is 9.84 Å². The van der Waals surface area contributed by atoms with Crippen molar-refractivity contribution in [1.82, 2.24) is 4.90 Å². The number of halogens is 2. The molecule has 0 aliphatic carbocycles. The number of carbonyl (C=O) groups is 1. The van der Waals surface area contributed by atoms with Crippen molar-refractivity contribution in [2.24, 2.45) is 0 Å². The predicted molar refractivity (Wildman–Crippen MR) is 124 cm³/mol. The van der Waals surface area contributed by atoms with Gasteiger partial charge in [0.1, 0.15) is 17.3 Å². The number of amides is 1. The number of hydrogen-bond acceptors (Lipinski definition) is 5. The van der Waals surface area contributed by atoms with Gasteiger partial charge in [-0.25, -0.2) is 8.42 Å². The van der Waals surface area contributed by atoms with Crippen molar-refractivity contribution in [2.45, 2.75) is 19.0 Å². The molecule has 1 amide bonds. The Morgan fingerprint density at radius 3 is 2.69 bits per heavy atom. The van der Waals surface area contributed by atoms with E-state index in [9.17, 15) is 13.2 Å². The lowest BCUT2D eigenvalue weighted by molar-refractivity contribution is 0.0666. The van der Waals surface area contributed by atoms with Crippen molar-refractivity contribution < 1.29 is 22.4 Å². The fraction of sp³-hybridized carbons (Fsp3) is 0.261. The van der Waals surface area contributed by atoms with E-state index in [4.69, 9.17) is 32.4 Å². The molecule has 6 nitrogen and oxygen atoms in total. The maximum Gasteiger partial charge on any atom is 0.254 e. The number of carbonyl (C=O) groups excluding carboxylic acids is 1. The molecule has 3 aromatic rings. The third-order valence-electron chi connectivity index (χ3n) is 5.41. The van der Waals surface area contributed by atoms with Crippen LogP contribution in [0, 0.1) is 0 Å². The van der Waals surface area contributed by atoms with Crippen LogP contribution in [0.5, 0.6) is 5.75 Å². The molecule has 2 aromatic carbocycles. The van der Waals surface area contributed by atoms with E-state index in [-0.39, 0.29) is 24.0 Å². The van der Waals surface area contributed by atoms with Gasteiger partial charge in [0, 0.05) is 22.2 Å². The normalized spacial score (nSPS) is 17.3. The van der Waals surface area contributed by atoms with Crippen LogP contribution in [0.4, 0.5) is 0 Å². The van der Waals surface area contributed by atoms with Crippen molar-refractivity contribution in [2.75, 3.05) is 18.6 Å². The number of nitrogens with zero attached hydrogens (tertiary/aromatic N) is 1. The fourth-order valence-electron chi connectivity index (χ4n) is 3.77. The summed E-state index contributed by atoms with van der Waals surface area (Å²) < 4.78 is 35.4. The molecule has 2 heterocycles. The van der Waals surface area contributed by atoms with E-state index < -0.39 is 15.9 Å². The van der Waals surface area contributed by atoms with Crippen LogP contribution >= 0.6 is 23.2 Å². The lowest BCUT2D eigenvalue weighted by atomic mass is 10.1. The smallest absolute Gasteiger partial charge is 0.254 e. The molecule has 0 spiro atoms. The zero-order valence-corrected chi connectivity index (χ0v) is 19.6. The van der Waals surface area contributed by atoms with Crippen molar-refractivity contribution in [3.8, 4) is 17.1 Å². The second kappa shape index (κ2) is 9.17. The van der Waals surface area contributed by atoms with Crippen LogP contribution in [0.25, 0.3) is 11.3 Å². The molecular formula is C23H21Cl2NO5S. The van der Waals surface area contributed by atoms with E-state index in [0.717, 1.165) is 0 Å². The number of methoxy groups -OCH3 is 1. The van der Waals surface area contributed by atoms with E-state index in [1.54, 1.807) is 59.5 Å². The molecule has 0 saturated carbocycles. The first-order chi connectivity index (χ1) is 15.3. The molecule has 0 N–H and O–H groups in total. The topological polar surface area (TPSA) is 76.8 Å². The van der Waals surface area contributed by atoms with E-state index in [1.165, 1.54) is 7.11 Å². The Hall–Kier alpha value is -2.48. The van der Waals surface area contributed by atoms with Crippen LogP contribution in [-0.4, -0.2) is 43.9 Å². The summed E-state index contributed by atoms with van der Waals surface area (Å²) in [5, 5.41) is 1.01. The summed E-state index contributed by atoms with van der Waals surface area (Å²) in [6.45, 7) is 0.119. The Kier molecular flexibility index (Phi) is 6.51. The summed E-state index contributed by atoms with van der Waals surface area (Å²) in [4.78, 5) is 14.9. The lowest BCUT2D eigenvalue weighted by Gasteiger charge is -2.27. The lowest BCUT2D eigenvalue weighted by Crippen LogP contribution is -2.40. The van der Waals surface area contributed by atoms with Gasteiger partial charge in [0.25, 0.3) is 5.91 Å². The van der Waals surface area contributed by atoms with Gasteiger partial charge in [0.05, 0.1) is 30.2 Å². The van der Waals surface area contributed by atoms with Gasteiger partial charge in [-0.3, -0.25) is 4.79 Å². The molecular weight excluding hydrogens is 473 g/mol. The summed E-state index contributed by atoms with van der Waals surface area (Å²) >= 11 is 12.4. The summed E-state index contributed by atoms with van der Waals surface area (Å²) in [6.07, 6.45) is 0.381. The number of benzene rings is 2. The molecule has 1 fully saturated rings. The molecule has 1 saturated heterocycles. The summed E-state index contributed by atoms with van der Waals surface area (Å²) in [6, 6.07) is 14.9. The summed E-state index contributed by atoms with van der Waals surface area (Å²) in [5.41, 5.74) is 1.05. The van der Waals surface area contributed by atoms with Gasteiger partial charge in [-0.1, -0.05) is 29.3 Å². The van der Waals surface area contributed by atoms with Gasteiger partial charge in [0.2, 0.25) is 0 Å². The summed E-state index contributed by atoms with van der Waals surface area (Å²) in [7, 11) is -1.67. The zero-order chi connectivity index (χ0) is 22.9. The van der Waals surface area contributed by atoms with Crippen LogP contribution in [0.2, 0.25) is 10.0 Å². The Morgan fingerprint density at radius 1 is 1.16 bits per heavy atom. The van der Waals surface area contributed by atoms with Gasteiger partial charge in [-0.05, 0) is 55.0 Å². The van der Waals surface area contributed by atoms with Gasteiger partial charge in [-0.15, -0.1) is 0 Å². The molecule has 4 rings (SSSR count). The third kappa shape index (κ3) is 4.95. The molecule has 32 heavy (non-hydrogen) atoms. The summed E-state index contributed by atoms with van der Waals surface area (Å²) in [5.74, 6) is 1.27. The highest BCUT2D eigenvalue weighted by Crippen LogP contribution is 2.33. The molecule has 9 heteroatoms. The average molecular weight is 494 g/mol. The molecule has 0 radical (unpaired) electrons. The number of ether oxygens (including phenoxy) is 1. The first-order valence-corrected chi connectivity index (χ1v) is 12.5. The maximum absolute atomic E-state index is 13.4. The number of sulfone groups is 1. The van der Waals surface area contributed by atoms with Crippen LogP contribution in [0.15, 0.2) is 59.0 Å². The standard InChI is InChI=1S/C23H21Cl2NO5S/c1-30-18-4-2-3-15(11-18)23(27)26(17-9-10-32(28,29)14-17)13-19-6-8-22(31-19)20-12-16(24)5-7-21(20)25/h2-8,11-12,17H,9-10,13-14H2,1H3/t17-/m0/s1. The molecule has 168 valence electrons. The van der Waals surface area contributed by atoms with Crippen LogP contribution in [0.3, 0.4) is 0 Å². The van der Waals surface area contributed by atoms with Crippen LogP contribution < -0.4 is 4.74 Å². The quantitative estimate of drug-likeness (QED) is 0.477. The molecule has 0 bridgehead atoms. The van der Waals surface area contributed by atoms with Crippen molar-refractivity contribution in [3.05, 3.63) is 76.0 Å². The molecule has 1 atom stereocenters. The van der Waals surface area contributed by atoms with E-state index >= 15 is 0 Å². The Labute approximate surface area is 196 Å². The number of furan rings is 1. The maximum atomic E-state index is 13.4. The second-order valence-electron chi connectivity index (χ2n) is 7.61. The monoisotopic (exact) mass is 493 g/mol. The highest BCUT2D eigenvalue weighted by molar-refractivity contribution is 7.91. The Bertz CT molecular complexity index is 1250. The van der Waals surface area contributed by atoms with Crippen molar-refractivity contribution >= 4 is 38.9 Å². The molecule has 0 unspecified atom stereocenters. The first kappa shape index (κ1) is 22.7. The Balaban J connectivity index is 1.65. The molecule has 1 aromatic heterocycles. The number of rotatable bonds is 6. The van der Waals surface area contributed by atoms with Crippen LogP contribution in [0.1, 0.15) is 22.5 Å². The van der Waals surface area contributed by atoms with Gasteiger partial charge < -0.3 is 14.1 Å².